The highest BCUT2D eigenvalue weighted by Gasteiger charge is 2.30. The predicted octanol–water partition coefficient (Wildman–Crippen LogP) is 2.66. The molecule has 2 aromatic heterocycles. The number of aromatic nitrogens is 2. The summed E-state index contributed by atoms with van der Waals surface area (Å²) in [4.78, 5) is 33.5. The van der Waals surface area contributed by atoms with Gasteiger partial charge in [-0.2, -0.15) is 13.2 Å². The number of amides is 1. The Kier molecular flexibility index (Phi) is 5.61. The summed E-state index contributed by atoms with van der Waals surface area (Å²) in [5.41, 5.74) is 0.173. The second kappa shape index (κ2) is 8.19. The summed E-state index contributed by atoms with van der Waals surface area (Å²) in [6, 6.07) is 6.40. The van der Waals surface area contributed by atoms with E-state index in [1.165, 1.54) is 33.9 Å². The standard InChI is InChI=1S/C20H19F3N4O2S/c21-20(22,23)15-3-1-2-14(10-15)11-17(28)26-6-4-25(5-7-26)13-16-12-18(29)27-8-9-30-19(27)24-16/h1-3,8-10,12H,4-7,11,13H2. The summed E-state index contributed by atoms with van der Waals surface area (Å²) in [5, 5.41) is 1.81. The molecule has 158 valence electrons. The van der Waals surface area contributed by atoms with Gasteiger partial charge in [-0.3, -0.25) is 18.9 Å². The van der Waals surface area contributed by atoms with Crippen LogP contribution in [0.4, 0.5) is 13.2 Å². The van der Waals surface area contributed by atoms with E-state index < -0.39 is 11.7 Å². The molecular weight excluding hydrogens is 417 g/mol. The van der Waals surface area contributed by atoms with Crippen LogP contribution < -0.4 is 5.56 Å². The maximum absolute atomic E-state index is 12.8. The predicted molar refractivity (Wildman–Crippen MR) is 106 cm³/mol. The van der Waals surface area contributed by atoms with E-state index in [0.717, 1.165) is 12.1 Å². The number of alkyl halides is 3. The average molecular weight is 436 g/mol. The summed E-state index contributed by atoms with van der Waals surface area (Å²) >= 11 is 1.40. The second-order valence-corrected chi connectivity index (χ2v) is 8.05. The minimum Gasteiger partial charge on any atom is -0.340 e. The van der Waals surface area contributed by atoms with Crippen LogP contribution in [0.15, 0.2) is 46.7 Å². The van der Waals surface area contributed by atoms with Crippen molar-refractivity contribution in [2.24, 2.45) is 0 Å². The second-order valence-electron chi connectivity index (χ2n) is 7.17. The van der Waals surface area contributed by atoms with Crippen LogP contribution >= 0.6 is 11.3 Å². The van der Waals surface area contributed by atoms with Crippen LogP contribution in [0.1, 0.15) is 16.8 Å². The molecule has 1 aromatic carbocycles. The zero-order valence-electron chi connectivity index (χ0n) is 15.9. The highest BCUT2D eigenvalue weighted by Crippen LogP contribution is 2.29. The van der Waals surface area contributed by atoms with Crippen molar-refractivity contribution in [1.82, 2.24) is 19.2 Å². The maximum atomic E-state index is 12.8. The fourth-order valence-corrected chi connectivity index (χ4v) is 4.24. The summed E-state index contributed by atoms with van der Waals surface area (Å²) in [6.07, 6.45) is -2.79. The normalized spacial score (nSPS) is 15.6. The lowest BCUT2D eigenvalue weighted by Gasteiger charge is -2.34. The molecule has 4 rings (SSSR count). The number of fused-ring (bicyclic) bond motifs is 1. The van der Waals surface area contributed by atoms with Gasteiger partial charge in [-0.1, -0.05) is 18.2 Å². The number of rotatable bonds is 4. The lowest BCUT2D eigenvalue weighted by Crippen LogP contribution is -2.48. The fraction of sp³-hybridized carbons (Fsp3) is 0.350. The number of piperazine rings is 1. The van der Waals surface area contributed by atoms with Crippen LogP contribution in [0.3, 0.4) is 0 Å². The molecule has 0 atom stereocenters. The number of carbonyl (C=O) groups is 1. The maximum Gasteiger partial charge on any atom is 0.416 e. The van der Waals surface area contributed by atoms with Gasteiger partial charge in [0.05, 0.1) is 17.7 Å². The Morgan fingerprint density at radius 2 is 1.90 bits per heavy atom. The van der Waals surface area contributed by atoms with E-state index in [2.05, 4.69) is 9.88 Å². The molecule has 1 amide bonds. The molecule has 3 heterocycles. The third kappa shape index (κ3) is 4.54. The van der Waals surface area contributed by atoms with E-state index in [0.29, 0.717) is 48.9 Å². The minimum absolute atomic E-state index is 0.0582. The summed E-state index contributed by atoms with van der Waals surface area (Å²) in [6.45, 7) is 2.70. The van der Waals surface area contributed by atoms with E-state index in [9.17, 15) is 22.8 Å². The molecule has 0 N–H and O–H groups in total. The van der Waals surface area contributed by atoms with Crippen LogP contribution in [0.25, 0.3) is 4.96 Å². The highest BCUT2D eigenvalue weighted by molar-refractivity contribution is 7.15. The third-order valence-corrected chi connectivity index (χ3v) is 5.83. The van der Waals surface area contributed by atoms with E-state index in [1.54, 1.807) is 11.1 Å². The molecule has 1 saturated heterocycles. The number of hydrogen-bond donors (Lipinski definition) is 0. The van der Waals surface area contributed by atoms with Crippen LogP contribution in [0, 0.1) is 0 Å². The Balaban J connectivity index is 1.34. The summed E-state index contributed by atoms with van der Waals surface area (Å²) in [5.74, 6) is -0.189. The van der Waals surface area contributed by atoms with Crippen LogP contribution in [-0.4, -0.2) is 51.3 Å². The van der Waals surface area contributed by atoms with Gasteiger partial charge in [0.25, 0.3) is 5.56 Å². The first-order valence-corrected chi connectivity index (χ1v) is 10.3. The van der Waals surface area contributed by atoms with E-state index in [-0.39, 0.29) is 17.9 Å². The largest absolute Gasteiger partial charge is 0.416 e. The molecule has 0 radical (unpaired) electrons. The lowest BCUT2D eigenvalue weighted by molar-refractivity contribution is -0.138. The Bertz CT molecular complexity index is 1120. The van der Waals surface area contributed by atoms with Gasteiger partial charge in [0.15, 0.2) is 4.96 Å². The zero-order valence-corrected chi connectivity index (χ0v) is 16.7. The molecule has 1 aliphatic rings. The van der Waals surface area contributed by atoms with Crippen molar-refractivity contribution in [3.05, 3.63) is 69.1 Å². The van der Waals surface area contributed by atoms with Gasteiger partial charge in [-0.25, -0.2) is 4.98 Å². The van der Waals surface area contributed by atoms with Gasteiger partial charge >= 0.3 is 6.18 Å². The van der Waals surface area contributed by atoms with Gasteiger partial charge in [-0.05, 0) is 11.6 Å². The average Bonchev–Trinajstić information content (AvgIpc) is 3.17. The molecule has 0 bridgehead atoms. The van der Waals surface area contributed by atoms with Crippen molar-refractivity contribution in [3.8, 4) is 0 Å². The lowest BCUT2D eigenvalue weighted by atomic mass is 10.1. The Labute approximate surface area is 174 Å². The van der Waals surface area contributed by atoms with Crippen LogP contribution in [-0.2, 0) is 23.9 Å². The SMILES string of the molecule is O=C(Cc1cccc(C(F)(F)F)c1)N1CCN(Cc2cc(=O)n3ccsc3n2)CC1. The third-order valence-electron chi connectivity index (χ3n) is 5.08. The Morgan fingerprint density at radius 1 is 1.13 bits per heavy atom. The van der Waals surface area contributed by atoms with E-state index in [1.807, 2.05) is 5.38 Å². The summed E-state index contributed by atoms with van der Waals surface area (Å²) < 4.78 is 40.0. The van der Waals surface area contributed by atoms with Crippen LogP contribution in [0.5, 0.6) is 0 Å². The smallest absolute Gasteiger partial charge is 0.340 e. The molecule has 0 saturated carbocycles. The number of benzene rings is 1. The number of halogens is 3. The fourth-order valence-electron chi connectivity index (χ4n) is 3.50. The van der Waals surface area contributed by atoms with Gasteiger partial charge < -0.3 is 4.90 Å². The van der Waals surface area contributed by atoms with Crippen molar-refractivity contribution in [2.75, 3.05) is 26.2 Å². The van der Waals surface area contributed by atoms with Crippen molar-refractivity contribution < 1.29 is 18.0 Å². The molecule has 0 spiro atoms. The molecule has 0 aliphatic carbocycles. The molecular formula is C20H19F3N4O2S. The monoisotopic (exact) mass is 436 g/mol. The number of hydrogen-bond acceptors (Lipinski definition) is 5. The molecule has 3 aromatic rings. The number of nitrogens with zero attached hydrogens (tertiary/aromatic N) is 4. The number of thiazole rings is 1. The Morgan fingerprint density at radius 3 is 2.63 bits per heavy atom. The first-order valence-electron chi connectivity index (χ1n) is 9.42. The number of carbonyl (C=O) groups excluding carboxylic acids is 1. The summed E-state index contributed by atoms with van der Waals surface area (Å²) in [7, 11) is 0. The van der Waals surface area contributed by atoms with Crippen LogP contribution in [0.2, 0.25) is 0 Å². The molecule has 1 aliphatic heterocycles. The van der Waals surface area contributed by atoms with E-state index in [4.69, 9.17) is 0 Å². The van der Waals surface area contributed by atoms with Crippen molar-refractivity contribution >= 4 is 22.2 Å². The van der Waals surface area contributed by atoms with Gasteiger partial charge in [0.2, 0.25) is 5.91 Å². The Hall–Kier alpha value is -2.72. The van der Waals surface area contributed by atoms with Crippen molar-refractivity contribution in [1.29, 1.82) is 0 Å². The van der Waals surface area contributed by atoms with Crippen molar-refractivity contribution in [2.45, 2.75) is 19.1 Å². The van der Waals surface area contributed by atoms with Gasteiger partial charge in [0, 0.05) is 50.4 Å². The highest BCUT2D eigenvalue weighted by atomic mass is 32.1. The quantitative estimate of drug-likeness (QED) is 0.631. The minimum atomic E-state index is -4.42. The molecule has 1 fully saturated rings. The first kappa shape index (κ1) is 20.5. The molecule has 0 unspecified atom stereocenters. The van der Waals surface area contributed by atoms with E-state index >= 15 is 0 Å². The molecule has 30 heavy (non-hydrogen) atoms. The van der Waals surface area contributed by atoms with Crippen molar-refractivity contribution in [3.63, 3.8) is 0 Å². The van der Waals surface area contributed by atoms with Gasteiger partial charge in [0.1, 0.15) is 0 Å². The molecule has 6 nitrogen and oxygen atoms in total. The van der Waals surface area contributed by atoms with Gasteiger partial charge in [-0.15, -0.1) is 11.3 Å². The molecule has 10 heteroatoms. The first-order chi connectivity index (χ1) is 14.3. The zero-order chi connectivity index (χ0) is 21.3. The topological polar surface area (TPSA) is 57.9 Å².